The second-order valence-corrected chi connectivity index (χ2v) is 9.15. The zero-order valence-electron chi connectivity index (χ0n) is 15.8. The second kappa shape index (κ2) is 8.95. The van der Waals surface area contributed by atoms with Crippen molar-refractivity contribution in [3.8, 4) is 0 Å². The van der Waals surface area contributed by atoms with Crippen molar-refractivity contribution in [2.24, 2.45) is 5.92 Å². The van der Waals surface area contributed by atoms with Crippen molar-refractivity contribution in [2.75, 3.05) is 6.54 Å². The quantitative estimate of drug-likeness (QED) is 0.522. The van der Waals surface area contributed by atoms with E-state index in [1.165, 1.54) is 32.0 Å². The van der Waals surface area contributed by atoms with Gasteiger partial charge in [0.25, 0.3) is 0 Å². The Morgan fingerprint density at radius 3 is 2.32 bits per heavy atom. The van der Waals surface area contributed by atoms with Crippen molar-refractivity contribution in [1.82, 2.24) is 0 Å². The Labute approximate surface area is 177 Å². The van der Waals surface area contributed by atoms with E-state index < -0.39 is 39.5 Å². The van der Waals surface area contributed by atoms with E-state index in [2.05, 4.69) is 0 Å². The number of ketones is 1. The molecular formula is C19H22Cl2NO5S+. The molecule has 1 aliphatic rings. The number of nitrogens with zero attached hydrogens (tertiary/aromatic N) is 1. The van der Waals surface area contributed by atoms with E-state index >= 15 is 0 Å². The number of halogens is 2. The average Bonchev–Trinajstić information content (AvgIpc) is 3.02. The molecule has 1 aliphatic heterocycles. The van der Waals surface area contributed by atoms with Crippen molar-refractivity contribution >= 4 is 57.9 Å². The Bertz CT molecular complexity index is 831. The van der Waals surface area contributed by atoms with Gasteiger partial charge in [-0.05, 0) is 32.0 Å². The molecule has 0 saturated carbocycles. The Balaban J connectivity index is 2.42. The SMILES string of the molecule is CC(=O)SC(C(=O)c1ccc(Cl)c(Cl)c1)C(C)C(=O)[N+]1(C(=O)O)CCC[C@H]1C. The zero-order chi connectivity index (χ0) is 21.2. The van der Waals surface area contributed by atoms with Gasteiger partial charge >= 0.3 is 12.0 Å². The van der Waals surface area contributed by atoms with Crippen LogP contribution in [0.4, 0.5) is 4.79 Å². The molecule has 0 radical (unpaired) electrons. The summed E-state index contributed by atoms with van der Waals surface area (Å²) >= 11 is 12.6. The van der Waals surface area contributed by atoms with E-state index in [-0.39, 0.29) is 27.3 Å². The first kappa shape index (κ1) is 22.9. The van der Waals surface area contributed by atoms with Crippen molar-refractivity contribution in [1.29, 1.82) is 0 Å². The highest BCUT2D eigenvalue weighted by Crippen LogP contribution is 2.35. The van der Waals surface area contributed by atoms with Crippen molar-refractivity contribution in [2.45, 2.75) is 44.9 Å². The molecule has 0 bridgehead atoms. The number of carbonyl (C=O) groups excluding carboxylic acids is 3. The Hall–Kier alpha value is -1.41. The molecule has 3 unspecified atom stereocenters. The molecule has 0 aromatic heterocycles. The van der Waals surface area contributed by atoms with E-state index in [4.69, 9.17) is 23.2 Å². The maximum absolute atomic E-state index is 13.3. The van der Waals surface area contributed by atoms with Crippen molar-refractivity contribution in [3.05, 3.63) is 33.8 Å². The largest absolute Gasteiger partial charge is 0.521 e. The predicted molar refractivity (Wildman–Crippen MR) is 109 cm³/mol. The van der Waals surface area contributed by atoms with Crippen LogP contribution >= 0.6 is 35.0 Å². The molecule has 1 fully saturated rings. The van der Waals surface area contributed by atoms with Crippen LogP contribution in [0.25, 0.3) is 0 Å². The topological polar surface area (TPSA) is 88.5 Å². The molecule has 0 spiro atoms. The summed E-state index contributed by atoms with van der Waals surface area (Å²) < 4.78 is -0.717. The van der Waals surface area contributed by atoms with Crippen molar-refractivity contribution in [3.63, 3.8) is 0 Å². The summed E-state index contributed by atoms with van der Waals surface area (Å²) in [5.41, 5.74) is 0.212. The maximum Gasteiger partial charge on any atom is 0.521 e. The number of thioether (sulfide) groups is 1. The molecule has 0 aliphatic carbocycles. The normalized spacial score (nSPS) is 23.8. The van der Waals surface area contributed by atoms with E-state index in [0.717, 1.165) is 11.8 Å². The second-order valence-electron chi connectivity index (χ2n) is 7.02. The molecule has 1 heterocycles. The van der Waals surface area contributed by atoms with Gasteiger partial charge in [0.1, 0.15) is 6.04 Å². The fourth-order valence-corrected chi connectivity index (χ4v) is 4.87. The van der Waals surface area contributed by atoms with Gasteiger partial charge in [-0.25, -0.2) is 4.79 Å². The molecular weight excluding hydrogens is 425 g/mol. The van der Waals surface area contributed by atoms with Crippen LogP contribution in [0.2, 0.25) is 10.0 Å². The minimum Gasteiger partial charge on any atom is -0.435 e. The van der Waals surface area contributed by atoms with Gasteiger partial charge in [0.2, 0.25) is 0 Å². The van der Waals surface area contributed by atoms with Crippen LogP contribution in [0.15, 0.2) is 18.2 Å². The fraction of sp³-hybridized carbons (Fsp3) is 0.474. The molecule has 152 valence electrons. The number of carbonyl (C=O) groups is 4. The van der Waals surface area contributed by atoms with Gasteiger partial charge in [0.05, 0.1) is 27.8 Å². The van der Waals surface area contributed by atoms with Gasteiger partial charge in [-0.1, -0.05) is 35.0 Å². The number of imide groups is 1. The highest BCUT2D eigenvalue weighted by Gasteiger charge is 2.56. The smallest absolute Gasteiger partial charge is 0.435 e. The molecule has 9 heteroatoms. The maximum atomic E-state index is 13.3. The number of benzene rings is 1. The summed E-state index contributed by atoms with van der Waals surface area (Å²) in [4.78, 5) is 50.1. The molecule has 4 atom stereocenters. The molecule has 2 rings (SSSR count). The van der Waals surface area contributed by atoms with Gasteiger partial charge < -0.3 is 5.11 Å². The fourth-order valence-electron chi connectivity index (χ4n) is 3.65. The van der Waals surface area contributed by atoms with Crippen LogP contribution in [0.3, 0.4) is 0 Å². The summed E-state index contributed by atoms with van der Waals surface area (Å²) in [6.45, 7) is 4.71. The first-order valence-electron chi connectivity index (χ1n) is 8.84. The van der Waals surface area contributed by atoms with Gasteiger partial charge in [0, 0.05) is 25.3 Å². The minimum absolute atomic E-state index is 0.179. The summed E-state index contributed by atoms with van der Waals surface area (Å²) in [5.74, 6) is -2.01. The number of carboxylic acid groups (broad SMARTS) is 1. The lowest BCUT2D eigenvalue weighted by molar-refractivity contribution is -0.794. The van der Waals surface area contributed by atoms with Crippen molar-refractivity contribution < 1.29 is 28.8 Å². The van der Waals surface area contributed by atoms with E-state index in [1.807, 2.05) is 0 Å². The highest BCUT2D eigenvalue weighted by molar-refractivity contribution is 8.14. The third-order valence-corrected chi connectivity index (χ3v) is 7.17. The Morgan fingerprint density at radius 2 is 1.86 bits per heavy atom. The third kappa shape index (κ3) is 4.27. The first-order chi connectivity index (χ1) is 13.0. The number of rotatable bonds is 5. The predicted octanol–water partition coefficient (Wildman–Crippen LogP) is 4.66. The lowest BCUT2D eigenvalue weighted by Gasteiger charge is -2.33. The lowest BCUT2D eigenvalue weighted by atomic mass is 9.96. The number of quaternary nitrogens is 1. The van der Waals surface area contributed by atoms with Crippen LogP contribution in [0.5, 0.6) is 0 Å². The molecule has 1 N–H and O–H groups in total. The van der Waals surface area contributed by atoms with Gasteiger partial charge in [0.15, 0.2) is 10.9 Å². The number of likely N-dealkylation sites (tertiary alicyclic amines) is 1. The summed E-state index contributed by atoms with van der Waals surface area (Å²) in [5, 5.41) is 8.87. The number of hydrogen-bond acceptors (Lipinski definition) is 5. The molecule has 2 amide bonds. The van der Waals surface area contributed by atoms with E-state index in [1.54, 1.807) is 6.92 Å². The van der Waals surface area contributed by atoms with Gasteiger partial charge in [-0.2, -0.15) is 9.28 Å². The number of amides is 2. The van der Waals surface area contributed by atoms with Gasteiger partial charge in [-0.3, -0.25) is 9.59 Å². The van der Waals surface area contributed by atoms with Crippen LogP contribution in [-0.2, 0) is 9.59 Å². The Kier molecular flexibility index (Phi) is 7.31. The third-order valence-electron chi connectivity index (χ3n) is 5.22. The minimum atomic E-state index is -1.23. The summed E-state index contributed by atoms with van der Waals surface area (Å²) in [6, 6.07) is 3.93. The average molecular weight is 447 g/mol. The standard InChI is InChI=1S/C19H21Cl2NO5S/c1-10-5-4-8-22(10,19(26)27)18(25)11(2)17(28-12(3)23)16(24)13-6-7-14(20)15(21)9-13/h6-7,9-11,17H,4-5,8H2,1-3H3/p+1/t10-,11?,17?,22?/m1/s1. The van der Waals surface area contributed by atoms with Crippen LogP contribution in [0.1, 0.15) is 44.0 Å². The Morgan fingerprint density at radius 1 is 1.21 bits per heavy atom. The number of Topliss-reactive ketones (excluding diaryl/α,β-unsaturated/α-hetero) is 1. The van der Waals surface area contributed by atoms with Crippen LogP contribution in [0, 0.1) is 5.92 Å². The molecule has 1 aromatic rings. The van der Waals surface area contributed by atoms with Crippen LogP contribution in [-0.4, -0.2) is 50.3 Å². The molecule has 6 nitrogen and oxygen atoms in total. The lowest BCUT2D eigenvalue weighted by Crippen LogP contribution is -2.61. The van der Waals surface area contributed by atoms with Gasteiger partial charge in [-0.15, -0.1) is 0 Å². The monoisotopic (exact) mass is 446 g/mol. The molecule has 1 aromatic carbocycles. The van der Waals surface area contributed by atoms with E-state index in [0.29, 0.717) is 12.8 Å². The molecule has 1 saturated heterocycles. The van der Waals surface area contributed by atoms with Crippen LogP contribution < -0.4 is 0 Å². The zero-order valence-corrected chi connectivity index (χ0v) is 18.1. The summed E-state index contributed by atoms with van der Waals surface area (Å²) in [7, 11) is 0. The first-order valence-corrected chi connectivity index (χ1v) is 10.5. The highest BCUT2D eigenvalue weighted by atomic mass is 35.5. The summed E-state index contributed by atoms with van der Waals surface area (Å²) in [6.07, 6.45) is -0.0110. The molecule has 28 heavy (non-hydrogen) atoms. The number of hydrogen-bond donors (Lipinski definition) is 1. The van der Waals surface area contributed by atoms with E-state index in [9.17, 15) is 24.3 Å².